The molecule has 0 aliphatic rings. The van der Waals surface area contributed by atoms with Crippen molar-refractivity contribution in [1.29, 1.82) is 0 Å². The van der Waals surface area contributed by atoms with Gasteiger partial charge in [0.1, 0.15) is 5.82 Å². The zero-order valence-electron chi connectivity index (χ0n) is 6.20. The van der Waals surface area contributed by atoms with Crippen molar-refractivity contribution in [3.8, 4) is 0 Å². The van der Waals surface area contributed by atoms with E-state index in [4.69, 9.17) is 0 Å². The lowest BCUT2D eigenvalue weighted by atomic mass is 10.2. The Kier molecular flexibility index (Phi) is 2.20. The Morgan fingerprint density at radius 1 is 1.70 bits per heavy atom. The standard InChI is InChI=1S/C7H11N3/c1-6(2)5-8-7-3-4-9-10-7/h3-6H,1-2H3,(H,9,10)/b8-5+. The van der Waals surface area contributed by atoms with Crippen molar-refractivity contribution in [3.05, 3.63) is 12.3 Å². The molecule has 1 N–H and O–H groups in total. The van der Waals surface area contributed by atoms with Crippen LogP contribution in [0.3, 0.4) is 0 Å². The monoisotopic (exact) mass is 137 g/mol. The fourth-order valence-electron chi connectivity index (χ4n) is 0.550. The van der Waals surface area contributed by atoms with E-state index < -0.39 is 0 Å². The summed E-state index contributed by atoms with van der Waals surface area (Å²) in [5.41, 5.74) is 0. The van der Waals surface area contributed by atoms with Gasteiger partial charge in [0, 0.05) is 12.3 Å². The number of hydrogen-bond acceptors (Lipinski definition) is 2. The summed E-state index contributed by atoms with van der Waals surface area (Å²) in [6.07, 6.45) is 3.57. The van der Waals surface area contributed by atoms with E-state index in [0.29, 0.717) is 5.92 Å². The van der Waals surface area contributed by atoms with Crippen molar-refractivity contribution in [2.75, 3.05) is 0 Å². The maximum Gasteiger partial charge on any atom is 0.147 e. The molecule has 0 saturated carbocycles. The molecular weight excluding hydrogens is 126 g/mol. The van der Waals surface area contributed by atoms with E-state index in [1.54, 1.807) is 6.20 Å². The molecule has 0 bridgehead atoms. The normalized spacial score (nSPS) is 11.5. The van der Waals surface area contributed by atoms with Crippen molar-refractivity contribution in [2.24, 2.45) is 10.9 Å². The smallest absolute Gasteiger partial charge is 0.147 e. The highest BCUT2D eigenvalue weighted by Gasteiger charge is 1.87. The molecule has 0 atom stereocenters. The number of rotatable bonds is 2. The van der Waals surface area contributed by atoms with Gasteiger partial charge in [-0.05, 0) is 5.92 Å². The number of nitrogens with one attached hydrogen (secondary N) is 1. The molecular formula is C7H11N3. The van der Waals surface area contributed by atoms with Gasteiger partial charge in [-0.3, -0.25) is 5.10 Å². The highest BCUT2D eigenvalue weighted by molar-refractivity contribution is 5.63. The van der Waals surface area contributed by atoms with Gasteiger partial charge in [0.05, 0.1) is 6.20 Å². The molecule has 54 valence electrons. The zero-order valence-corrected chi connectivity index (χ0v) is 6.20. The quantitative estimate of drug-likeness (QED) is 0.620. The first-order chi connectivity index (χ1) is 4.79. The molecule has 0 saturated heterocycles. The average Bonchev–Trinajstić information content (AvgIpc) is 2.34. The second kappa shape index (κ2) is 3.15. The molecule has 1 heterocycles. The van der Waals surface area contributed by atoms with Gasteiger partial charge in [0.15, 0.2) is 0 Å². The predicted molar refractivity (Wildman–Crippen MR) is 41.6 cm³/mol. The third-order valence-corrected chi connectivity index (χ3v) is 0.998. The maximum absolute atomic E-state index is 4.12. The Balaban J connectivity index is 2.55. The lowest BCUT2D eigenvalue weighted by Gasteiger charge is -1.89. The van der Waals surface area contributed by atoms with Gasteiger partial charge in [-0.2, -0.15) is 5.10 Å². The Hall–Kier alpha value is -1.12. The van der Waals surface area contributed by atoms with Crippen molar-refractivity contribution >= 4 is 12.0 Å². The summed E-state index contributed by atoms with van der Waals surface area (Å²) in [7, 11) is 0. The molecule has 0 aromatic carbocycles. The third kappa shape index (κ3) is 2.01. The molecule has 1 aromatic heterocycles. The van der Waals surface area contributed by atoms with Crippen LogP contribution in [0.1, 0.15) is 13.8 Å². The predicted octanol–water partition coefficient (Wildman–Crippen LogP) is 1.77. The molecule has 0 fully saturated rings. The second-order valence-corrected chi connectivity index (χ2v) is 2.46. The highest BCUT2D eigenvalue weighted by atomic mass is 15.1. The minimum atomic E-state index is 0.489. The summed E-state index contributed by atoms with van der Waals surface area (Å²) in [4.78, 5) is 4.12. The van der Waals surface area contributed by atoms with Crippen molar-refractivity contribution < 1.29 is 0 Å². The van der Waals surface area contributed by atoms with Crippen LogP contribution in [0.4, 0.5) is 5.82 Å². The van der Waals surface area contributed by atoms with E-state index in [-0.39, 0.29) is 0 Å². The summed E-state index contributed by atoms with van der Waals surface area (Å²) < 4.78 is 0. The van der Waals surface area contributed by atoms with Gasteiger partial charge in [-0.1, -0.05) is 13.8 Å². The van der Waals surface area contributed by atoms with Crippen LogP contribution in [-0.2, 0) is 0 Å². The minimum Gasteiger partial charge on any atom is -0.261 e. The SMILES string of the molecule is CC(C)/C=N/c1ccn[nH]1. The fourth-order valence-corrected chi connectivity index (χ4v) is 0.550. The van der Waals surface area contributed by atoms with Gasteiger partial charge in [0.25, 0.3) is 0 Å². The molecule has 3 nitrogen and oxygen atoms in total. The van der Waals surface area contributed by atoms with Gasteiger partial charge in [0.2, 0.25) is 0 Å². The van der Waals surface area contributed by atoms with E-state index in [1.807, 2.05) is 12.3 Å². The summed E-state index contributed by atoms with van der Waals surface area (Å²) in [6, 6.07) is 1.83. The van der Waals surface area contributed by atoms with E-state index in [9.17, 15) is 0 Å². The van der Waals surface area contributed by atoms with E-state index >= 15 is 0 Å². The van der Waals surface area contributed by atoms with Crippen LogP contribution in [0.2, 0.25) is 0 Å². The van der Waals surface area contributed by atoms with Crippen LogP contribution in [0, 0.1) is 5.92 Å². The van der Waals surface area contributed by atoms with Crippen LogP contribution >= 0.6 is 0 Å². The van der Waals surface area contributed by atoms with Gasteiger partial charge in [-0.25, -0.2) is 4.99 Å². The molecule has 1 rings (SSSR count). The summed E-state index contributed by atoms with van der Waals surface area (Å²) in [5.74, 6) is 1.30. The number of aliphatic imine (C=N–C) groups is 1. The highest BCUT2D eigenvalue weighted by Crippen LogP contribution is 2.03. The first kappa shape index (κ1) is 6.99. The Morgan fingerprint density at radius 2 is 2.50 bits per heavy atom. The van der Waals surface area contributed by atoms with Crippen LogP contribution in [0.5, 0.6) is 0 Å². The minimum absolute atomic E-state index is 0.489. The summed E-state index contributed by atoms with van der Waals surface area (Å²) in [5, 5.41) is 6.51. The fraction of sp³-hybridized carbons (Fsp3) is 0.429. The molecule has 0 unspecified atom stereocenters. The largest absolute Gasteiger partial charge is 0.261 e. The number of hydrogen-bond donors (Lipinski definition) is 1. The Labute approximate surface area is 60.2 Å². The third-order valence-electron chi connectivity index (χ3n) is 0.998. The average molecular weight is 137 g/mol. The van der Waals surface area contributed by atoms with Crippen LogP contribution in [-0.4, -0.2) is 16.4 Å². The molecule has 0 aliphatic heterocycles. The van der Waals surface area contributed by atoms with Gasteiger partial charge in [-0.15, -0.1) is 0 Å². The van der Waals surface area contributed by atoms with E-state index in [1.165, 1.54) is 0 Å². The molecule has 1 aromatic rings. The lowest BCUT2D eigenvalue weighted by molar-refractivity contribution is 0.906. The van der Waals surface area contributed by atoms with Crippen LogP contribution in [0.15, 0.2) is 17.3 Å². The number of H-pyrrole nitrogens is 1. The first-order valence-electron chi connectivity index (χ1n) is 3.32. The summed E-state index contributed by atoms with van der Waals surface area (Å²) in [6.45, 7) is 4.17. The molecule has 0 aliphatic carbocycles. The molecule has 0 radical (unpaired) electrons. The van der Waals surface area contributed by atoms with Gasteiger partial charge >= 0.3 is 0 Å². The van der Waals surface area contributed by atoms with Gasteiger partial charge < -0.3 is 0 Å². The van der Waals surface area contributed by atoms with Crippen LogP contribution < -0.4 is 0 Å². The molecule has 0 amide bonds. The molecule has 3 heteroatoms. The van der Waals surface area contributed by atoms with Crippen molar-refractivity contribution in [1.82, 2.24) is 10.2 Å². The second-order valence-electron chi connectivity index (χ2n) is 2.46. The Morgan fingerprint density at radius 3 is 3.00 bits per heavy atom. The number of aromatic amines is 1. The van der Waals surface area contributed by atoms with Crippen molar-refractivity contribution in [2.45, 2.75) is 13.8 Å². The zero-order chi connectivity index (χ0) is 7.40. The topological polar surface area (TPSA) is 41.0 Å². The molecule has 0 spiro atoms. The lowest BCUT2D eigenvalue weighted by Crippen LogP contribution is -1.85. The maximum atomic E-state index is 4.12. The number of aromatic nitrogens is 2. The molecule has 10 heavy (non-hydrogen) atoms. The van der Waals surface area contributed by atoms with E-state index in [2.05, 4.69) is 29.0 Å². The Bertz CT molecular complexity index is 199. The number of nitrogens with zero attached hydrogens (tertiary/aromatic N) is 2. The first-order valence-corrected chi connectivity index (χ1v) is 3.32. The van der Waals surface area contributed by atoms with E-state index in [0.717, 1.165) is 5.82 Å². The van der Waals surface area contributed by atoms with Crippen molar-refractivity contribution in [3.63, 3.8) is 0 Å². The van der Waals surface area contributed by atoms with Crippen LogP contribution in [0.25, 0.3) is 0 Å². The summed E-state index contributed by atoms with van der Waals surface area (Å²) >= 11 is 0.